The first kappa shape index (κ1) is 18.4. The predicted molar refractivity (Wildman–Crippen MR) is 87.7 cm³/mol. The van der Waals surface area contributed by atoms with Crippen molar-refractivity contribution in [3.63, 3.8) is 0 Å². The molecule has 0 bridgehead atoms. The summed E-state index contributed by atoms with van der Waals surface area (Å²) < 4.78 is 30.9. The molecule has 0 aliphatic rings. The van der Waals surface area contributed by atoms with E-state index in [0.29, 0.717) is 5.75 Å². The molecule has 132 valence electrons. The molecule has 25 heavy (non-hydrogen) atoms. The summed E-state index contributed by atoms with van der Waals surface area (Å²) in [7, 11) is 0. The topological polar surface area (TPSA) is 81.4 Å². The van der Waals surface area contributed by atoms with Gasteiger partial charge in [-0.2, -0.15) is 0 Å². The van der Waals surface area contributed by atoms with Gasteiger partial charge in [0.1, 0.15) is 17.4 Å². The van der Waals surface area contributed by atoms with Gasteiger partial charge in [-0.05, 0) is 48.4 Å². The first-order valence-electron chi connectivity index (χ1n) is 7.63. The molecule has 0 fully saturated rings. The van der Waals surface area contributed by atoms with Crippen LogP contribution in [0.3, 0.4) is 0 Å². The fourth-order valence-electron chi connectivity index (χ4n) is 2.15. The third-order valence-electron chi connectivity index (χ3n) is 3.53. The van der Waals surface area contributed by atoms with Gasteiger partial charge in [0.15, 0.2) is 6.61 Å². The van der Waals surface area contributed by atoms with E-state index in [-0.39, 0.29) is 25.4 Å². The quantitative estimate of drug-likeness (QED) is 0.763. The van der Waals surface area contributed by atoms with Crippen LogP contribution in [0.1, 0.15) is 5.56 Å². The summed E-state index contributed by atoms with van der Waals surface area (Å²) in [6.45, 7) is -0.230. The van der Waals surface area contributed by atoms with E-state index < -0.39 is 23.5 Å². The molecule has 2 rings (SSSR count). The van der Waals surface area contributed by atoms with E-state index in [0.717, 1.165) is 5.56 Å². The number of benzene rings is 2. The third kappa shape index (κ3) is 6.21. The molecule has 0 spiro atoms. The van der Waals surface area contributed by atoms with Crippen LogP contribution in [0.15, 0.2) is 48.5 Å². The number of nitrogens with two attached hydrogens (primary N) is 1. The average Bonchev–Trinajstić information content (AvgIpc) is 2.59. The Morgan fingerprint density at radius 3 is 2.12 bits per heavy atom. The second-order valence-electron chi connectivity index (χ2n) is 5.48. The number of hydrogen-bond donors (Lipinski definition) is 2. The number of carbonyl (C=O) groups excluding carboxylic acids is 2. The Kier molecular flexibility index (Phi) is 6.45. The largest absolute Gasteiger partial charge is 0.484 e. The van der Waals surface area contributed by atoms with Crippen molar-refractivity contribution in [3.8, 4) is 5.75 Å². The Hall–Kier alpha value is -2.96. The van der Waals surface area contributed by atoms with Crippen molar-refractivity contribution in [2.45, 2.75) is 6.42 Å². The zero-order valence-electron chi connectivity index (χ0n) is 13.4. The number of carbonyl (C=O) groups is 2. The molecule has 0 aliphatic carbocycles. The lowest BCUT2D eigenvalue weighted by molar-refractivity contribution is -0.124. The van der Waals surface area contributed by atoms with Crippen molar-refractivity contribution < 1.29 is 23.1 Å². The molecule has 2 aromatic carbocycles. The molecule has 0 saturated carbocycles. The number of amides is 2. The lowest BCUT2D eigenvalue weighted by Gasteiger charge is -2.15. The van der Waals surface area contributed by atoms with Gasteiger partial charge in [0.2, 0.25) is 5.91 Å². The molecule has 1 atom stereocenters. The molecule has 0 saturated heterocycles. The van der Waals surface area contributed by atoms with Crippen molar-refractivity contribution in [1.29, 1.82) is 0 Å². The van der Waals surface area contributed by atoms with Crippen LogP contribution in [0.4, 0.5) is 8.78 Å². The number of primary amides is 1. The molecule has 2 amide bonds. The van der Waals surface area contributed by atoms with Gasteiger partial charge in [0, 0.05) is 6.54 Å². The summed E-state index contributed by atoms with van der Waals surface area (Å²) in [5, 5.41) is 2.56. The van der Waals surface area contributed by atoms with Gasteiger partial charge in [-0.3, -0.25) is 9.59 Å². The minimum Gasteiger partial charge on any atom is -0.484 e. The molecule has 7 heteroatoms. The van der Waals surface area contributed by atoms with Crippen LogP contribution < -0.4 is 15.8 Å². The van der Waals surface area contributed by atoms with Gasteiger partial charge in [0.05, 0.1) is 5.92 Å². The molecule has 3 N–H and O–H groups in total. The van der Waals surface area contributed by atoms with Gasteiger partial charge in [-0.25, -0.2) is 8.78 Å². The second-order valence-corrected chi connectivity index (χ2v) is 5.48. The molecule has 0 aromatic heterocycles. The Morgan fingerprint density at radius 2 is 1.56 bits per heavy atom. The lowest BCUT2D eigenvalue weighted by atomic mass is 9.98. The smallest absolute Gasteiger partial charge is 0.257 e. The highest BCUT2D eigenvalue weighted by Crippen LogP contribution is 2.11. The van der Waals surface area contributed by atoms with E-state index in [2.05, 4.69) is 5.32 Å². The van der Waals surface area contributed by atoms with Crippen LogP contribution in [-0.4, -0.2) is 25.0 Å². The molecule has 0 unspecified atom stereocenters. The van der Waals surface area contributed by atoms with Gasteiger partial charge >= 0.3 is 0 Å². The van der Waals surface area contributed by atoms with Crippen molar-refractivity contribution in [1.82, 2.24) is 5.32 Å². The van der Waals surface area contributed by atoms with Crippen molar-refractivity contribution in [2.24, 2.45) is 11.7 Å². The van der Waals surface area contributed by atoms with Gasteiger partial charge in [0.25, 0.3) is 5.91 Å². The number of nitrogens with one attached hydrogen (secondary N) is 1. The van der Waals surface area contributed by atoms with Crippen LogP contribution in [0.2, 0.25) is 0 Å². The van der Waals surface area contributed by atoms with Crippen LogP contribution in [0, 0.1) is 17.6 Å². The van der Waals surface area contributed by atoms with E-state index >= 15 is 0 Å². The van der Waals surface area contributed by atoms with Crippen LogP contribution in [-0.2, 0) is 16.0 Å². The predicted octanol–water partition coefficient (Wildman–Crippen LogP) is 1.80. The highest BCUT2D eigenvalue weighted by Gasteiger charge is 2.17. The van der Waals surface area contributed by atoms with Crippen molar-refractivity contribution in [2.75, 3.05) is 13.2 Å². The maximum absolute atomic E-state index is 12.9. The maximum Gasteiger partial charge on any atom is 0.257 e. The molecule has 0 heterocycles. The first-order valence-corrected chi connectivity index (χ1v) is 7.63. The Morgan fingerprint density at radius 1 is 1.00 bits per heavy atom. The maximum atomic E-state index is 12.9. The van der Waals surface area contributed by atoms with Crippen LogP contribution in [0.5, 0.6) is 5.75 Å². The second kappa shape index (κ2) is 8.77. The van der Waals surface area contributed by atoms with E-state index in [1.807, 2.05) is 0 Å². The summed E-state index contributed by atoms with van der Waals surface area (Å²) in [6.07, 6.45) is 0.286. The normalized spacial score (nSPS) is 11.6. The van der Waals surface area contributed by atoms with Crippen molar-refractivity contribution >= 4 is 11.8 Å². The van der Waals surface area contributed by atoms with Gasteiger partial charge in [-0.15, -0.1) is 0 Å². The molecular formula is C18H18F2N2O3. The highest BCUT2D eigenvalue weighted by atomic mass is 19.1. The van der Waals surface area contributed by atoms with Crippen molar-refractivity contribution in [3.05, 3.63) is 65.7 Å². The fraction of sp³-hybridized carbons (Fsp3) is 0.222. The van der Waals surface area contributed by atoms with Gasteiger partial charge < -0.3 is 15.8 Å². The SMILES string of the molecule is NC(=O)[C@H](CNC(=O)COc1ccc(F)cc1)Cc1ccc(F)cc1. The first-order chi connectivity index (χ1) is 11.9. The Bertz CT molecular complexity index is 718. The third-order valence-corrected chi connectivity index (χ3v) is 3.53. The number of ether oxygens (including phenoxy) is 1. The number of hydrogen-bond acceptors (Lipinski definition) is 3. The molecule has 0 aliphatic heterocycles. The number of halogens is 2. The van der Waals surface area contributed by atoms with Gasteiger partial charge in [-0.1, -0.05) is 12.1 Å². The Balaban J connectivity index is 1.81. The number of rotatable bonds is 8. The lowest BCUT2D eigenvalue weighted by Crippen LogP contribution is -2.39. The molecule has 2 aromatic rings. The van der Waals surface area contributed by atoms with E-state index in [4.69, 9.17) is 10.5 Å². The van der Waals surface area contributed by atoms with Crippen LogP contribution >= 0.6 is 0 Å². The highest BCUT2D eigenvalue weighted by molar-refractivity contribution is 5.80. The summed E-state index contributed by atoms with van der Waals surface area (Å²) in [4.78, 5) is 23.3. The Labute approximate surface area is 143 Å². The van der Waals surface area contributed by atoms with E-state index in [9.17, 15) is 18.4 Å². The molecule has 0 radical (unpaired) electrons. The minimum atomic E-state index is -0.625. The van der Waals surface area contributed by atoms with E-state index in [1.54, 1.807) is 12.1 Å². The zero-order valence-corrected chi connectivity index (χ0v) is 13.4. The zero-order chi connectivity index (χ0) is 18.2. The summed E-state index contributed by atoms with van der Waals surface area (Å²) in [5.41, 5.74) is 6.09. The molecule has 5 nitrogen and oxygen atoms in total. The monoisotopic (exact) mass is 348 g/mol. The van der Waals surface area contributed by atoms with Crippen LogP contribution in [0.25, 0.3) is 0 Å². The summed E-state index contributed by atoms with van der Waals surface area (Å²) in [6, 6.07) is 11.0. The fourth-order valence-corrected chi connectivity index (χ4v) is 2.15. The van der Waals surface area contributed by atoms with E-state index in [1.165, 1.54) is 36.4 Å². The molecular weight excluding hydrogens is 330 g/mol. The average molecular weight is 348 g/mol. The summed E-state index contributed by atoms with van der Waals surface area (Å²) >= 11 is 0. The summed E-state index contributed by atoms with van der Waals surface area (Å²) in [5.74, 6) is -2.04. The minimum absolute atomic E-state index is 0.0400. The standard InChI is InChI=1S/C18H18F2N2O3/c19-14-3-1-12(2-4-14)9-13(18(21)24)10-22-17(23)11-25-16-7-5-15(20)6-8-16/h1-8,13H,9-11H2,(H2,21,24)(H,22,23)/t13-/m0/s1.